The number of halogens is 2. The van der Waals surface area contributed by atoms with E-state index in [-0.39, 0.29) is 41.5 Å². The lowest BCUT2D eigenvalue weighted by Crippen LogP contribution is -2.62. The maximum atomic E-state index is 14.1. The summed E-state index contributed by atoms with van der Waals surface area (Å²) in [4.78, 5) is 39.9. The van der Waals surface area contributed by atoms with Gasteiger partial charge in [-0.25, -0.2) is 18.7 Å². The molecule has 3 fully saturated rings. The molecular formula is C27H34F2N6O3. The van der Waals surface area contributed by atoms with E-state index in [1.54, 1.807) is 11.1 Å². The molecule has 3 aliphatic rings. The first-order valence-electron chi connectivity index (χ1n) is 13.3. The quantitative estimate of drug-likeness (QED) is 0.591. The van der Waals surface area contributed by atoms with Crippen LogP contribution in [0.4, 0.5) is 14.6 Å². The summed E-state index contributed by atoms with van der Waals surface area (Å²) in [6.07, 6.45) is 4.03. The van der Waals surface area contributed by atoms with Crippen molar-refractivity contribution in [1.82, 2.24) is 25.1 Å². The molecule has 9 nitrogen and oxygen atoms in total. The lowest BCUT2D eigenvalue weighted by molar-refractivity contribution is -0.135. The molecule has 4 heterocycles. The van der Waals surface area contributed by atoms with Crippen LogP contribution in [0.2, 0.25) is 0 Å². The number of aromatic nitrogens is 2. The number of hydrogen-bond acceptors (Lipinski definition) is 7. The van der Waals surface area contributed by atoms with E-state index in [0.29, 0.717) is 37.7 Å². The van der Waals surface area contributed by atoms with E-state index in [2.05, 4.69) is 20.2 Å². The number of carbonyl (C=O) groups is 2. The van der Waals surface area contributed by atoms with Crippen LogP contribution in [0.5, 0.6) is 11.5 Å². The molecule has 11 heteroatoms. The number of likely N-dealkylation sites (tertiary alicyclic amines) is 1. The molecule has 38 heavy (non-hydrogen) atoms. The SMILES string of the molecule is CCN(CC)C(=O)c1cc(F)ccc1Oc1cncnc1N1CC2(CCN(C(=O)[C@@H]3C[C@@H](F)CN3)CC2)C1. The standard InChI is InChI=1S/C27H34F2N6O3/c1-3-33(4-2)25(36)20-11-18(28)5-6-22(20)38-23-14-30-17-32-24(23)35-15-27(16-35)7-9-34(10-8-27)26(37)21-12-19(29)13-31-21/h5-6,11,14,17,19,21,31H,3-4,7-10,12-13,15-16H2,1-2H3/t19-,21+/m1/s1. The molecule has 2 atom stereocenters. The number of hydrogen-bond donors (Lipinski definition) is 1. The number of carbonyl (C=O) groups excluding carboxylic acids is 2. The third-order valence-corrected chi connectivity index (χ3v) is 7.96. The van der Waals surface area contributed by atoms with E-state index in [4.69, 9.17) is 4.74 Å². The highest BCUT2D eigenvalue weighted by atomic mass is 19.1. The van der Waals surface area contributed by atoms with Gasteiger partial charge < -0.3 is 24.8 Å². The summed E-state index contributed by atoms with van der Waals surface area (Å²) < 4.78 is 33.7. The highest BCUT2D eigenvalue weighted by Crippen LogP contribution is 2.45. The summed E-state index contributed by atoms with van der Waals surface area (Å²) in [5.74, 6) is 0.429. The van der Waals surface area contributed by atoms with Crippen molar-refractivity contribution < 1.29 is 23.1 Å². The predicted octanol–water partition coefficient (Wildman–Crippen LogP) is 3.02. The molecule has 0 unspecified atom stereocenters. The molecule has 0 bridgehead atoms. The van der Waals surface area contributed by atoms with Gasteiger partial charge in [-0.15, -0.1) is 0 Å². The molecule has 2 aromatic rings. The van der Waals surface area contributed by atoms with Gasteiger partial charge in [0.05, 0.1) is 17.8 Å². The average Bonchev–Trinajstić information content (AvgIpc) is 3.35. The number of alkyl halides is 1. The van der Waals surface area contributed by atoms with Gasteiger partial charge in [0.2, 0.25) is 5.91 Å². The third kappa shape index (κ3) is 5.16. The molecule has 3 aliphatic heterocycles. The van der Waals surface area contributed by atoms with Crippen molar-refractivity contribution in [2.75, 3.05) is 50.7 Å². The van der Waals surface area contributed by atoms with E-state index in [9.17, 15) is 18.4 Å². The van der Waals surface area contributed by atoms with Gasteiger partial charge >= 0.3 is 0 Å². The fraction of sp³-hybridized carbons (Fsp3) is 0.556. The number of benzene rings is 1. The summed E-state index contributed by atoms with van der Waals surface area (Å²) >= 11 is 0. The Labute approximate surface area is 221 Å². The minimum absolute atomic E-state index is 0.00275. The maximum absolute atomic E-state index is 14.1. The smallest absolute Gasteiger partial charge is 0.257 e. The molecule has 204 valence electrons. The Hall–Kier alpha value is -3.34. The van der Waals surface area contributed by atoms with E-state index in [1.165, 1.54) is 24.5 Å². The second-order valence-corrected chi connectivity index (χ2v) is 10.4. The Morgan fingerprint density at radius 1 is 1.18 bits per heavy atom. The average molecular weight is 529 g/mol. The topological polar surface area (TPSA) is 90.9 Å². The fourth-order valence-corrected chi connectivity index (χ4v) is 5.71. The van der Waals surface area contributed by atoms with Crippen LogP contribution < -0.4 is 15.0 Å². The van der Waals surface area contributed by atoms with Crippen molar-refractivity contribution in [3.63, 3.8) is 0 Å². The highest BCUT2D eigenvalue weighted by Gasteiger charge is 2.47. The van der Waals surface area contributed by atoms with Gasteiger partial charge in [-0.2, -0.15) is 0 Å². The van der Waals surface area contributed by atoms with E-state index < -0.39 is 18.0 Å². The molecule has 1 aromatic carbocycles. The Bertz CT molecular complexity index is 1180. The summed E-state index contributed by atoms with van der Waals surface area (Å²) in [7, 11) is 0. The molecule has 2 amide bonds. The molecule has 1 aromatic heterocycles. The van der Waals surface area contributed by atoms with Gasteiger partial charge in [-0.1, -0.05) is 0 Å². The molecule has 0 saturated carbocycles. The van der Waals surface area contributed by atoms with Crippen LogP contribution in [0.25, 0.3) is 0 Å². The summed E-state index contributed by atoms with van der Waals surface area (Å²) in [5.41, 5.74) is 0.223. The number of nitrogens with one attached hydrogen (secondary N) is 1. The van der Waals surface area contributed by atoms with E-state index in [0.717, 1.165) is 25.9 Å². The van der Waals surface area contributed by atoms with Crippen molar-refractivity contribution in [3.05, 3.63) is 42.1 Å². The molecule has 1 spiro atoms. The Kier molecular flexibility index (Phi) is 7.47. The van der Waals surface area contributed by atoms with E-state index >= 15 is 0 Å². The molecule has 0 aliphatic carbocycles. The number of nitrogens with zero attached hydrogens (tertiary/aromatic N) is 5. The second-order valence-electron chi connectivity index (χ2n) is 10.4. The molecular weight excluding hydrogens is 494 g/mol. The first kappa shape index (κ1) is 26.3. The van der Waals surface area contributed by atoms with Crippen molar-refractivity contribution >= 4 is 17.6 Å². The summed E-state index contributed by atoms with van der Waals surface area (Å²) in [6, 6.07) is 3.50. The van der Waals surface area contributed by atoms with Crippen LogP contribution >= 0.6 is 0 Å². The third-order valence-electron chi connectivity index (χ3n) is 7.96. The lowest BCUT2D eigenvalue weighted by Gasteiger charge is -2.54. The maximum Gasteiger partial charge on any atom is 0.257 e. The summed E-state index contributed by atoms with van der Waals surface area (Å²) in [5, 5.41) is 2.99. The monoisotopic (exact) mass is 528 g/mol. The lowest BCUT2D eigenvalue weighted by atomic mass is 9.72. The summed E-state index contributed by atoms with van der Waals surface area (Å²) in [6.45, 7) is 7.80. The van der Waals surface area contributed by atoms with Gasteiger partial charge in [0.25, 0.3) is 5.91 Å². The van der Waals surface area contributed by atoms with Crippen molar-refractivity contribution in [1.29, 1.82) is 0 Å². The number of rotatable bonds is 7. The highest BCUT2D eigenvalue weighted by molar-refractivity contribution is 5.97. The largest absolute Gasteiger partial charge is 0.451 e. The van der Waals surface area contributed by atoms with Crippen LogP contribution in [0.15, 0.2) is 30.7 Å². The zero-order chi connectivity index (χ0) is 26.9. The second kappa shape index (κ2) is 10.8. The first-order chi connectivity index (χ1) is 18.3. The van der Waals surface area contributed by atoms with Crippen LogP contribution in [0.3, 0.4) is 0 Å². The molecule has 3 saturated heterocycles. The Morgan fingerprint density at radius 2 is 1.92 bits per heavy atom. The van der Waals surface area contributed by atoms with Crippen LogP contribution in [0.1, 0.15) is 43.5 Å². The molecule has 5 rings (SSSR count). The van der Waals surface area contributed by atoms with Gasteiger partial charge in [0.1, 0.15) is 24.1 Å². The van der Waals surface area contributed by atoms with Crippen LogP contribution in [0, 0.1) is 11.2 Å². The zero-order valence-electron chi connectivity index (χ0n) is 21.8. The minimum Gasteiger partial charge on any atom is -0.451 e. The predicted molar refractivity (Wildman–Crippen MR) is 138 cm³/mol. The molecule has 0 radical (unpaired) electrons. The fourth-order valence-electron chi connectivity index (χ4n) is 5.71. The van der Waals surface area contributed by atoms with Crippen molar-refractivity contribution in [2.24, 2.45) is 5.41 Å². The van der Waals surface area contributed by atoms with Crippen LogP contribution in [-0.4, -0.2) is 89.6 Å². The number of amides is 2. The zero-order valence-corrected chi connectivity index (χ0v) is 21.8. The number of ether oxygens (including phenoxy) is 1. The van der Waals surface area contributed by atoms with Crippen molar-refractivity contribution in [2.45, 2.75) is 45.3 Å². The normalized spacial score (nSPS) is 22.3. The number of anilines is 1. The van der Waals surface area contributed by atoms with Gasteiger partial charge in [-0.05, 0) is 44.9 Å². The number of piperidine rings is 1. The van der Waals surface area contributed by atoms with Crippen LogP contribution in [-0.2, 0) is 4.79 Å². The van der Waals surface area contributed by atoms with Gasteiger partial charge in [0, 0.05) is 57.6 Å². The van der Waals surface area contributed by atoms with E-state index in [1.807, 2.05) is 18.7 Å². The van der Waals surface area contributed by atoms with Gasteiger partial charge in [0.15, 0.2) is 11.6 Å². The Balaban J connectivity index is 1.25. The van der Waals surface area contributed by atoms with Gasteiger partial charge in [-0.3, -0.25) is 9.59 Å². The minimum atomic E-state index is -0.953. The Morgan fingerprint density at radius 3 is 2.58 bits per heavy atom. The van der Waals surface area contributed by atoms with Crippen molar-refractivity contribution in [3.8, 4) is 11.5 Å². The first-order valence-corrected chi connectivity index (χ1v) is 13.3. The molecule has 1 N–H and O–H groups in total.